The first kappa shape index (κ1) is 21.0. The molecule has 0 unspecified atom stereocenters. The van der Waals surface area contributed by atoms with Crippen molar-refractivity contribution in [3.63, 3.8) is 0 Å². The zero-order chi connectivity index (χ0) is 22.2. The summed E-state index contributed by atoms with van der Waals surface area (Å²) >= 11 is 6.42. The van der Waals surface area contributed by atoms with Crippen LogP contribution in [0.25, 0.3) is 0 Å². The van der Waals surface area contributed by atoms with Crippen molar-refractivity contribution in [1.29, 1.82) is 0 Å². The Morgan fingerprint density at radius 1 is 1.06 bits per heavy atom. The van der Waals surface area contributed by atoms with Gasteiger partial charge in [0.2, 0.25) is 0 Å². The SMILES string of the molecule is COc1ccc(C(=O)N2C[C@@H]3[C@H](c4ccccc42)[C@H](CO)N3Cc2ccccc2Cl)cc1. The maximum atomic E-state index is 13.5. The highest BCUT2D eigenvalue weighted by molar-refractivity contribution is 6.31. The lowest BCUT2D eigenvalue weighted by Gasteiger charge is -2.59. The fourth-order valence-electron chi connectivity index (χ4n) is 5.11. The number of aliphatic hydroxyl groups excluding tert-OH is 1. The molecule has 2 heterocycles. The van der Waals surface area contributed by atoms with E-state index >= 15 is 0 Å². The minimum atomic E-state index is -0.0382. The molecule has 2 aliphatic heterocycles. The summed E-state index contributed by atoms with van der Waals surface area (Å²) in [6.45, 7) is 1.26. The molecule has 0 saturated carbocycles. The van der Waals surface area contributed by atoms with E-state index in [1.54, 1.807) is 31.4 Å². The van der Waals surface area contributed by atoms with E-state index < -0.39 is 0 Å². The first-order valence-electron chi connectivity index (χ1n) is 10.8. The van der Waals surface area contributed by atoms with Crippen LogP contribution in [-0.4, -0.2) is 48.3 Å². The Morgan fingerprint density at radius 3 is 2.50 bits per heavy atom. The molecule has 3 aromatic carbocycles. The molecule has 6 heteroatoms. The summed E-state index contributed by atoms with van der Waals surface area (Å²) in [7, 11) is 1.61. The van der Waals surface area contributed by atoms with E-state index in [1.807, 2.05) is 47.4 Å². The van der Waals surface area contributed by atoms with E-state index in [9.17, 15) is 9.90 Å². The Bertz CT molecular complexity index is 1130. The topological polar surface area (TPSA) is 53.0 Å². The highest BCUT2D eigenvalue weighted by Gasteiger charge is 2.53. The second-order valence-electron chi connectivity index (χ2n) is 8.31. The number of ether oxygens (including phenoxy) is 1. The van der Waals surface area contributed by atoms with Crippen LogP contribution >= 0.6 is 11.6 Å². The van der Waals surface area contributed by atoms with Gasteiger partial charge in [-0.15, -0.1) is 0 Å². The molecule has 0 spiro atoms. The van der Waals surface area contributed by atoms with E-state index in [-0.39, 0.29) is 30.5 Å². The van der Waals surface area contributed by atoms with Gasteiger partial charge in [-0.25, -0.2) is 0 Å². The van der Waals surface area contributed by atoms with Crippen LogP contribution in [0.5, 0.6) is 5.75 Å². The van der Waals surface area contributed by atoms with Crippen LogP contribution in [0, 0.1) is 0 Å². The quantitative estimate of drug-likeness (QED) is 0.631. The van der Waals surface area contributed by atoms with Crippen molar-refractivity contribution in [2.24, 2.45) is 0 Å². The second kappa shape index (κ2) is 8.58. The number of amides is 1. The second-order valence-corrected chi connectivity index (χ2v) is 8.72. The standard InChI is InChI=1S/C26H25ClN2O3/c1-32-19-12-10-17(11-13-19)26(31)29-15-23-25(20-7-3-5-9-22(20)29)24(16-30)28(23)14-18-6-2-4-8-21(18)27/h2-13,23-25,30H,14-16H2,1H3/t23-,24+,25+/m1/s1. The summed E-state index contributed by atoms with van der Waals surface area (Å²) in [5.74, 6) is 0.860. The fraction of sp³-hybridized carbons (Fsp3) is 0.269. The van der Waals surface area contributed by atoms with Gasteiger partial charge in [-0.05, 0) is 47.5 Å². The number of rotatable bonds is 5. The van der Waals surface area contributed by atoms with Gasteiger partial charge in [0.05, 0.1) is 13.7 Å². The number of carbonyl (C=O) groups is 1. The molecule has 0 radical (unpaired) electrons. The summed E-state index contributed by atoms with van der Waals surface area (Å²) in [5, 5.41) is 10.9. The van der Waals surface area contributed by atoms with Crippen LogP contribution in [0.15, 0.2) is 72.8 Å². The fourth-order valence-corrected chi connectivity index (χ4v) is 5.30. The average molecular weight is 449 g/mol. The molecule has 5 rings (SSSR count). The van der Waals surface area contributed by atoms with E-state index in [0.29, 0.717) is 18.7 Å². The molecule has 2 aliphatic rings. The van der Waals surface area contributed by atoms with E-state index in [4.69, 9.17) is 16.3 Å². The van der Waals surface area contributed by atoms with E-state index in [1.165, 1.54) is 0 Å². The summed E-state index contributed by atoms with van der Waals surface area (Å²) in [5.41, 5.74) is 3.68. The van der Waals surface area contributed by atoms with Crippen molar-refractivity contribution in [3.05, 3.63) is 94.5 Å². The molecule has 5 nitrogen and oxygen atoms in total. The zero-order valence-corrected chi connectivity index (χ0v) is 18.6. The number of fused-ring (bicyclic) bond motifs is 3. The lowest BCUT2D eigenvalue weighted by atomic mass is 9.71. The third-order valence-electron chi connectivity index (χ3n) is 6.72. The van der Waals surface area contributed by atoms with Crippen molar-refractivity contribution >= 4 is 23.2 Å². The Kier molecular flexibility index (Phi) is 5.64. The van der Waals surface area contributed by atoms with Crippen LogP contribution in [0.3, 0.4) is 0 Å². The predicted octanol–water partition coefficient (Wildman–Crippen LogP) is 4.34. The number of benzene rings is 3. The van der Waals surface area contributed by atoms with Gasteiger partial charge >= 0.3 is 0 Å². The zero-order valence-electron chi connectivity index (χ0n) is 17.8. The molecule has 3 atom stereocenters. The number of aliphatic hydroxyl groups is 1. The highest BCUT2D eigenvalue weighted by atomic mass is 35.5. The van der Waals surface area contributed by atoms with Gasteiger partial charge < -0.3 is 14.7 Å². The molecule has 1 fully saturated rings. The van der Waals surface area contributed by atoms with Gasteiger partial charge in [0.15, 0.2) is 0 Å². The number of methoxy groups -OCH3 is 1. The van der Waals surface area contributed by atoms with E-state index in [2.05, 4.69) is 11.0 Å². The van der Waals surface area contributed by atoms with Gasteiger partial charge in [-0.1, -0.05) is 48.0 Å². The number of anilines is 1. The number of hydrogen-bond acceptors (Lipinski definition) is 4. The number of nitrogens with zero attached hydrogens (tertiary/aromatic N) is 2. The van der Waals surface area contributed by atoms with Crippen LogP contribution in [0.1, 0.15) is 27.4 Å². The van der Waals surface area contributed by atoms with Crippen molar-refractivity contribution in [2.45, 2.75) is 24.5 Å². The molecule has 1 saturated heterocycles. The molecule has 164 valence electrons. The normalized spacial score (nSPS) is 22.0. The smallest absolute Gasteiger partial charge is 0.258 e. The van der Waals surface area contributed by atoms with E-state index in [0.717, 1.165) is 27.6 Å². The van der Waals surface area contributed by atoms with Crippen molar-refractivity contribution in [2.75, 3.05) is 25.2 Å². The summed E-state index contributed by atoms with van der Waals surface area (Å²) in [6, 6.07) is 23.2. The molecule has 1 amide bonds. The Balaban J connectivity index is 1.48. The van der Waals surface area contributed by atoms with Crippen LogP contribution in [-0.2, 0) is 6.54 Å². The molecule has 1 N–H and O–H groups in total. The van der Waals surface area contributed by atoms with Gasteiger partial charge in [0.25, 0.3) is 5.91 Å². The first-order valence-corrected chi connectivity index (χ1v) is 11.1. The molecule has 32 heavy (non-hydrogen) atoms. The lowest BCUT2D eigenvalue weighted by Crippen LogP contribution is -2.68. The first-order chi connectivity index (χ1) is 15.6. The van der Waals surface area contributed by atoms with Gasteiger partial charge in [0.1, 0.15) is 5.75 Å². The monoisotopic (exact) mass is 448 g/mol. The summed E-state index contributed by atoms with van der Waals surface area (Å²) in [4.78, 5) is 17.6. The van der Waals surface area contributed by atoms with Crippen LogP contribution in [0.2, 0.25) is 5.02 Å². The Morgan fingerprint density at radius 2 is 1.78 bits per heavy atom. The summed E-state index contributed by atoms with van der Waals surface area (Å²) in [6.07, 6.45) is 0. The molecule has 0 bridgehead atoms. The molecular weight excluding hydrogens is 424 g/mol. The number of halogens is 1. The molecular formula is C26H25ClN2O3. The van der Waals surface area contributed by atoms with Gasteiger partial charge in [0, 0.05) is 47.4 Å². The third-order valence-corrected chi connectivity index (χ3v) is 7.09. The maximum absolute atomic E-state index is 13.5. The number of carbonyl (C=O) groups excluding carboxylic acids is 1. The van der Waals surface area contributed by atoms with Crippen LogP contribution < -0.4 is 9.64 Å². The molecule has 3 aromatic rings. The number of para-hydroxylation sites is 1. The third kappa shape index (κ3) is 3.47. The number of hydrogen-bond donors (Lipinski definition) is 1. The molecule has 0 aromatic heterocycles. The number of likely N-dealkylation sites (tertiary alicyclic amines) is 1. The van der Waals surface area contributed by atoms with Gasteiger partial charge in [-0.3, -0.25) is 9.69 Å². The maximum Gasteiger partial charge on any atom is 0.258 e. The van der Waals surface area contributed by atoms with Crippen molar-refractivity contribution in [1.82, 2.24) is 4.90 Å². The minimum Gasteiger partial charge on any atom is -0.497 e. The van der Waals surface area contributed by atoms with Gasteiger partial charge in [-0.2, -0.15) is 0 Å². The molecule has 0 aliphatic carbocycles. The minimum absolute atomic E-state index is 0.00402. The lowest BCUT2D eigenvalue weighted by molar-refractivity contribution is -0.0488. The van der Waals surface area contributed by atoms with Crippen molar-refractivity contribution in [3.8, 4) is 5.75 Å². The largest absolute Gasteiger partial charge is 0.497 e. The summed E-state index contributed by atoms with van der Waals surface area (Å²) < 4.78 is 5.23. The van der Waals surface area contributed by atoms with Crippen LogP contribution in [0.4, 0.5) is 5.69 Å². The highest BCUT2D eigenvalue weighted by Crippen LogP contribution is 2.49. The Labute approximate surface area is 192 Å². The predicted molar refractivity (Wildman–Crippen MR) is 126 cm³/mol. The average Bonchev–Trinajstić information content (AvgIpc) is 2.83. The Hall–Kier alpha value is -2.86. The van der Waals surface area contributed by atoms with Crippen molar-refractivity contribution < 1.29 is 14.6 Å².